The largest absolute Gasteiger partial charge is 0.299 e. The van der Waals surface area contributed by atoms with Gasteiger partial charge in [0.1, 0.15) is 6.54 Å². The second-order valence-corrected chi connectivity index (χ2v) is 10.1. The number of para-hydroxylation sites is 1. The van der Waals surface area contributed by atoms with Gasteiger partial charge in [0.2, 0.25) is 21.1 Å². The fourth-order valence-electron chi connectivity index (χ4n) is 1.83. The lowest BCUT2D eigenvalue weighted by atomic mass is 10.3. The normalized spacial score (nSPS) is 11.3. The van der Waals surface area contributed by atoms with E-state index in [1.54, 1.807) is 36.0 Å². The number of sulfonamides is 1. The zero-order valence-corrected chi connectivity index (χ0v) is 17.6. The summed E-state index contributed by atoms with van der Waals surface area (Å²) in [6.07, 6.45) is 2.07. The first-order chi connectivity index (χ1) is 11.8. The van der Waals surface area contributed by atoms with Gasteiger partial charge < -0.3 is 0 Å². The minimum Gasteiger partial charge on any atom is -0.299 e. The molecule has 2 aromatic rings. The van der Waals surface area contributed by atoms with Crippen LogP contribution in [0, 0.1) is 0 Å². The minimum absolute atomic E-state index is 0.349. The third kappa shape index (κ3) is 5.94. The molecule has 0 atom stereocenters. The van der Waals surface area contributed by atoms with Crippen LogP contribution in [0.4, 0.5) is 10.8 Å². The molecule has 1 aromatic heterocycles. The fourth-order valence-corrected chi connectivity index (χ4v) is 5.01. The number of benzene rings is 1. The van der Waals surface area contributed by atoms with Crippen LogP contribution in [0.15, 0.2) is 33.1 Å². The van der Waals surface area contributed by atoms with E-state index in [2.05, 4.69) is 38.4 Å². The monoisotopic (exact) mass is 464 g/mol. The SMILES string of the molecule is CCCSc1nnc(NC(=O)CN(c2ccccc2Br)S(C)(=O)=O)s1. The highest BCUT2D eigenvalue weighted by atomic mass is 79.9. The molecular weight excluding hydrogens is 448 g/mol. The molecule has 0 bridgehead atoms. The average molecular weight is 465 g/mol. The van der Waals surface area contributed by atoms with Gasteiger partial charge in [0.05, 0.1) is 11.9 Å². The summed E-state index contributed by atoms with van der Waals surface area (Å²) in [6.45, 7) is 1.72. The summed E-state index contributed by atoms with van der Waals surface area (Å²) in [6, 6.07) is 6.82. The third-order valence-electron chi connectivity index (χ3n) is 2.89. The molecule has 1 heterocycles. The predicted octanol–water partition coefficient (Wildman–Crippen LogP) is 3.21. The van der Waals surface area contributed by atoms with Gasteiger partial charge in [-0.3, -0.25) is 14.4 Å². The van der Waals surface area contributed by atoms with Crippen molar-refractivity contribution in [2.75, 3.05) is 28.2 Å². The number of carbonyl (C=O) groups excluding carboxylic acids is 1. The van der Waals surface area contributed by atoms with Crippen LogP contribution < -0.4 is 9.62 Å². The molecule has 11 heteroatoms. The molecular formula is C14H17BrN4O3S3. The standard InChI is InChI=1S/C14H17BrN4O3S3/c1-3-8-23-14-18-17-13(24-14)16-12(20)9-19(25(2,21)22)11-7-5-4-6-10(11)15/h4-7H,3,8-9H2,1-2H3,(H,16,17,20). The van der Waals surface area contributed by atoms with Gasteiger partial charge in [0, 0.05) is 10.2 Å². The predicted molar refractivity (Wildman–Crippen MR) is 106 cm³/mol. The number of anilines is 2. The maximum absolute atomic E-state index is 12.3. The maximum atomic E-state index is 12.3. The van der Waals surface area contributed by atoms with Gasteiger partial charge in [-0.1, -0.05) is 42.2 Å². The minimum atomic E-state index is -3.63. The maximum Gasteiger partial charge on any atom is 0.246 e. The third-order valence-corrected chi connectivity index (χ3v) is 6.87. The summed E-state index contributed by atoms with van der Waals surface area (Å²) in [4.78, 5) is 12.3. The number of nitrogens with zero attached hydrogens (tertiary/aromatic N) is 3. The summed E-state index contributed by atoms with van der Waals surface area (Å²) in [5, 5.41) is 10.8. The molecule has 0 radical (unpaired) electrons. The van der Waals surface area contributed by atoms with Crippen molar-refractivity contribution in [1.29, 1.82) is 0 Å². The van der Waals surface area contributed by atoms with E-state index < -0.39 is 15.9 Å². The van der Waals surface area contributed by atoms with E-state index in [4.69, 9.17) is 0 Å². The lowest BCUT2D eigenvalue weighted by Crippen LogP contribution is -2.37. The van der Waals surface area contributed by atoms with Crippen LogP contribution in [0.25, 0.3) is 0 Å². The van der Waals surface area contributed by atoms with Gasteiger partial charge >= 0.3 is 0 Å². The molecule has 0 aliphatic rings. The second kappa shape index (κ2) is 8.97. The molecule has 1 aromatic carbocycles. The summed E-state index contributed by atoms with van der Waals surface area (Å²) in [7, 11) is -3.63. The van der Waals surface area contributed by atoms with E-state index >= 15 is 0 Å². The molecule has 0 spiro atoms. The van der Waals surface area contributed by atoms with E-state index in [1.807, 2.05) is 0 Å². The lowest BCUT2D eigenvalue weighted by molar-refractivity contribution is -0.114. The van der Waals surface area contributed by atoms with Crippen molar-refractivity contribution in [1.82, 2.24) is 10.2 Å². The molecule has 0 saturated heterocycles. The summed E-state index contributed by atoms with van der Waals surface area (Å²) in [5.41, 5.74) is 0.400. The first-order valence-electron chi connectivity index (χ1n) is 7.29. The molecule has 0 unspecified atom stereocenters. The molecule has 1 N–H and O–H groups in total. The zero-order chi connectivity index (χ0) is 18.4. The Morgan fingerprint density at radius 1 is 1.36 bits per heavy atom. The molecule has 0 aliphatic carbocycles. The number of halogens is 1. The number of nitrogens with one attached hydrogen (secondary N) is 1. The number of amides is 1. The number of thioether (sulfide) groups is 1. The molecule has 25 heavy (non-hydrogen) atoms. The van der Waals surface area contributed by atoms with E-state index in [0.29, 0.717) is 15.3 Å². The van der Waals surface area contributed by atoms with Crippen LogP contribution in [-0.4, -0.2) is 43.1 Å². The van der Waals surface area contributed by atoms with Crippen LogP contribution in [0.2, 0.25) is 0 Å². The molecule has 0 fully saturated rings. The molecule has 0 aliphatic heterocycles. The van der Waals surface area contributed by atoms with Crippen molar-refractivity contribution in [2.45, 2.75) is 17.7 Å². The fraction of sp³-hybridized carbons (Fsp3) is 0.357. The molecule has 7 nitrogen and oxygen atoms in total. The Morgan fingerprint density at radius 3 is 2.72 bits per heavy atom. The molecule has 2 rings (SSSR count). The van der Waals surface area contributed by atoms with Crippen LogP contribution in [0.5, 0.6) is 0 Å². The van der Waals surface area contributed by atoms with Gasteiger partial charge in [0.25, 0.3) is 0 Å². The van der Waals surface area contributed by atoms with Crippen LogP contribution in [0.1, 0.15) is 13.3 Å². The summed E-state index contributed by atoms with van der Waals surface area (Å²) < 4.78 is 26.6. The van der Waals surface area contributed by atoms with Crippen LogP contribution >= 0.6 is 39.0 Å². The number of rotatable bonds is 8. The highest BCUT2D eigenvalue weighted by molar-refractivity contribution is 9.10. The molecule has 136 valence electrons. The van der Waals surface area contributed by atoms with E-state index in [1.165, 1.54) is 11.3 Å². The number of aromatic nitrogens is 2. The molecule has 0 saturated carbocycles. The Bertz CT molecular complexity index is 841. The highest BCUT2D eigenvalue weighted by Crippen LogP contribution is 2.28. The zero-order valence-electron chi connectivity index (χ0n) is 13.6. The Morgan fingerprint density at radius 2 is 2.08 bits per heavy atom. The Labute approximate surface area is 163 Å². The van der Waals surface area contributed by atoms with Gasteiger partial charge in [0.15, 0.2) is 4.34 Å². The van der Waals surface area contributed by atoms with Crippen molar-refractivity contribution < 1.29 is 13.2 Å². The Kier molecular flexibility index (Phi) is 7.23. The first kappa shape index (κ1) is 20.1. The second-order valence-electron chi connectivity index (χ2n) is 4.99. The first-order valence-corrected chi connectivity index (χ1v) is 11.7. The van der Waals surface area contributed by atoms with E-state index in [0.717, 1.165) is 27.1 Å². The van der Waals surface area contributed by atoms with Gasteiger partial charge in [-0.2, -0.15) is 0 Å². The van der Waals surface area contributed by atoms with Gasteiger partial charge in [-0.05, 0) is 34.5 Å². The number of hydrogen-bond acceptors (Lipinski definition) is 7. The van der Waals surface area contributed by atoms with Gasteiger partial charge in [-0.15, -0.1) is 10.2 Å². The average Bonchev–Trinajstić information content (AvgIpc) is 2.98. The van der Waals surface area contributed by atoms with Crippen molar-refractivity contribution in [3.05, 3.63) is 28.7 Å². The number of hydrogen-bond donors (Lipinski definition) is 1. The Hall–Kier alpha value is -1.17. The Balaban J connectivity index is 2.10. The van der Waals surface area contributed by atoms with Gasteiger partial charge in [-0.25, -0.2) is 8.42 Å². The van der Waals surface area contributed by atoms with Crippen molar-refractivity contribution in [3.63, 3.8) is 0 Å². The quantitative estimate of drug-likeness (QED) is 0.476. The highest BCUT2D eigenvalue weighted by Gasteiger charge is 2.23. The summed E-state index contributed by atoms with van der Waals surface area (Å²) in [5.74, 6) is 0.441. The number of carbonyl (C=O) groups is 1. The molecule has 1 amide bonds. The smallest absolute Gasteiger partial charge is 0.246 e. The van der Waals surface area contributed by atoms with Crippen molar-refractivity contribution >= 4 is 65.8 Å². The van der Waals surface area contributed by atoms with Crippen LogP contribution in [0.3, 0.4) is 0 Å². The van der Waals surface area contributed by atoms with Crippen molar-refractivity contribution in [2.24, 2.45) is 0 Å². The van der Waals surface area contributed by atoms with Crippen molar-refractivity contribution in [3.8, 4) is 0 Å². The lowest BCUT2D eigenvalue weighted by Gasteiger charge is -2.22. The van der Waals surface area contributed by atoms with E-state index in [9.17, 15) is 13.2 Å². The van der Waals surface area contributed by atoms with Crippen LogP contribution in [-0.2, 0) is 14.8 Å². The summed E-state index contributed by atoms with van der Waals surface area (Å²) >= 11 is 6.15. The van der Waals surface area contributed by atoms with E-state index in [-0.39, 0.29) is 6.54 Å². The topological polar surface area (TPSA) is 92.3 Å².